The van der Waals surface area contributed by atoms with E-state index in [2.05, 4.69) is 27.6 Å². The Balaban J connectivity index is 2.40. The topological polar surface area (TPSA) is 20.7 Å². The average Bonchev–Trinajstić information content (AvgIpc) is 2.68. The van der Waals surface area contributed by atoms with Crippen LogP contribution >= 0.6 is 58.0 Å². The Morgan fingerprint density at radius 1 is 1.11 bits per heavy atom. The van der Waals surface area contributed by atoms with Crippen molar-refractivity contribution in [2.24, 2.45) is 0 Å². The molecule has 3 rings (SSSR count). The third kappa shape index (κ3) is 2.31. The molecule has 19 heavy (non-hydrogen) atoms. The number of nitrogens with one attached hydrogen (secondary N) is 1. The maximum atomic E-state index is 6.31. The lowest BCUT2D eigenvalue weighted by Crippen LogP contribution is -1.95. The van der Waals surface area contributed by atoms with Crippen LogP contribution in [0, 0.1) is 8.34 Å². The van der Waals surface area contributed by atoms with Crippen LogP contribution in [0.4, 0.5) is 0 Å². The first kappa shape index (κ1) is 13.4. The molecule has 0 aliphatic carbocycles. The summed E-state index contributed by atoms with van der Waals surface area (Å²) in [7, 11) is 0. The Labute approximate surface area is 138 Å². The fourth-order valence-corrected chi connectivity index (χ4v) is 3.45. The Bertz CT molecular complexity index is 838. The van der Waals surface area contributed by atoms with Crippen LogP contribution in [0.25, 0.3) is 16.7 Å². The highest BCUT2D eigenvalue weighted by molar-refractivity contribution is 14.1. The highest BCUT2D eigenvalue weighted by Crippen LogP contribution is 2.29. The summed E-state index contributed by atoms with van der Waals surface area (Å²) in [5.74, 6) is 0. The van der Waals surface area contributed by atoms with Crippen molar-refractivity contribution in [1.82, 2.24) is 9.55 Å². The number of para-hydroxylation sites is 1. The zero-order chi connectivity index (χ0) is 13.6. The number of rotatable bonds is 1. The van der Waals surface area contributed by atoms with Crippen LogP contribution in [0.1, 0.15) is 0 Å². The van der Waals surface area contributed by atoms with Crippen molar-refractivity contribution in [3.63, 3.8) is 0 Å². The van der Waals surface area contributed by atoms with Gasteiger partial charge in [0.2, 0.25) is 0 Å². The van der Waals surface area contributed by atoms with Crippen molar-refractivity contribution < 1.29 is 0 Å². The van der Waals surface area contributed by atoms with Crippen LogP contribution in [0.3, 0.4) is 0 Å². The third-order valence-electron chi connectivity index (χ3n) is 2.82. The van der Waals surface area contributed by atoms with Gasteiger partial charge in [-0.05, 0) is 65.1 Å². The largest absolute Gasteiger partial charge is 0.329 e. The molecule has 0 bridgehead atoms. The van der Waals surface area contributed by atoms with Gasteiger partial charge in [0.1, 0.15) is 0 Å². The van der Waals surface area contributed by atoms with Crippen LogP contribution in [0.15, 0.2) is 36.4 Å². The number of aromatic amines is 1. The number of nitrogens with zero attached hydrogens (tertiary/aromatic N) is 1. The molecule has 3 aromatic rings. The number of hydrogen-bond donors (Lipinski definition) is 1. The molecule has 6 heteroatoms. The number of benzene rings is 2. The molecule has 0 amide bonds. The zero-order valence-electron chi connectivity index (χ0n) is 9.45. The molecule has 2 aromatic carbocycles. The van der Waals surface area contributed by atoms with Gasteiger partial charge in [-0.3, -0.25) is 4.57 Å². The predicted molar refractivity (Wildman–Crippen MR) is 91.2 cm³/mol. The van der Waals surface area contributed by atoms with E-state index in [1.165, 1.54) is 0 Å². The van der Waals surface area contributed by atoms with Gasteiger partial charge in [-0.2, -0.15) is 0 Å². The summed E-state index contributed by atoms with van der Waals surface area (Å²) in [6.45, 7) is 0. The first-order valence-electron chi connectivity index (χ1n) is 5.42. The molecule has 0 radical (unpaired) electrons. The Morgan fingerprint density at radius 2 is 1.89 bits per heavy atom. The standard InChI is InChI=1S/C13H7Cl2IN2S/c14-8-2-1-3-11-12(8)17-13(19)18(11)10-5-4-7(16)6-9(10)15/h1-6H,(H,17,19). The minimum atomic E-state index is 0.575. The number of halogens is 3. The van der Waals surface area contributed by atoms with Gasteiger partial charge in [0, 0.05) is 3.57 Å². The first-order chi connectivity index (χ1) is 9.08. The number of imidazole rings is 1. The molecule has 1 heterocycles. The molecule has 0 unspecified atom stereocenters. The first-order valence-corrected chi connectivity index (χ1v) is 7.67. The minimum absolute atomic E-state index is 0.575. The molecule has 0 saturated carbocycles. The van der Waals surface area contributed by atoms with Gasteiger partial charge in [-0.15, -0.1) is 0 Å². The van der Waals surface area contributed by atoms with Gasteiger partial charge in [0.05, 0.1) is 26.8 Å². The van der Waals surface area contributed by atoms with Crippen LogP contribution in [0.5, 0.6) is 0 Å². The van der Waals surface area contributed by atoms with E-state index < -0.39 is 0 Å². The van der Waals surface area contributed by atoms with Crippen LogP contribution in [-0.4, -0.2) is 9.55 Å². The SMILES string of the molecule is S=c1[nH]c2c(Cl)cccc2n1-c1ccc(I)cc1Cl. The Kier molecular flexibility index (Phi) is 3.59. The lowest BCUT2D eigenvalue weighted by atomic mass is 10.3. The molecule has 96 valence electrons. The van der Waals surface area contributed by atoms with Crippen molar-refractivity contribution in [3.05, 3.63) is 54.8 Å². The van der Waals surface area contributed by atoms with E-state index in [-0.39, 0.29) is 0 Å². The van der Waals surface area contributed by atoms with Gasteiger partial charge < -0.3 is 4.98 Å². The second kappa shape index (κ2) is 5.09. The van der Waals surface area contributed by atoms with Gasteiger partial charge in [-0.1, -0.05) is 29.3 Å². The molecule has 1 N–H and O–H groups in total. The molecule has 0 aliphatic rings. The predicted octanol–water partition coefficient (Wildman–Crippen LogP) is 5.60. The van der Waals surface area contributed by atoms with E-state index in [0.717, 1.165) is 20.3 Å². The van der Waals surface area contributed by atoms with Crippen LogP contribution in [0.2, 0.25) is 10.0 Å². The van der Waals surface area contributed by atoms with E-state index in [9.17, 15) is 0 Å². The highest BCUT2D eigenvalue weighted by Gasteiger charge is 2.11. The molecular formula is C13H7Cl2IN2S. The van der Waals surface area contributed by atoms with E-state index >= 15 is 0 Å². The fourth-order valence-electron chi connectivity index (χ4n) is 2.00. The van der Waals surface area contributed by atoms with Crippen molar-refractivity contribution >= 4 is 69.0 Å². The smallest absolute Gasteiger partial charge is 0.182 e. The van der Waals surface area contributed by atoms with Crippen molar-refractivity contribution in [3.8, 4) is 5.69 Å². The maximum Gasteiger partial charge on any atom is 0.182 e. The monoisotopic (exact) mass is 420 g/mol. The molecule has 2 nitrogen and oxygen atoms in total. The average molecular weight is 421 g/mol. The van der Waals surface area contributed by atoms with E-state index in [4.69, 9.17) is 35.4 Å². The molecule has 0 aliphatic heterocycles. The summed E-state index contributed by atoms with van der Waals surface area (Å²) in [5.41, 5.74) is 2.59. The molecule has 0 spiro atoms. The van der Waals surface area contributed by atoms with E-state index in [0.29, 0.717) is 14.8 Å². The summed E-state index contributed by atoms with van der Waals surface area (Å²) in [6.07, 6.45) is 0. The number of aromatic nitrogens is 2. The number of H-pyrrole nitrogens is 1. The molecule has 0 atom stereocenters. The molecule has 1 aromatic heterocycles. The van der Waals surface area contributed by atoms with Gasteiger partial charge in [0.25, 0.3) is 0 Å². The molecular weight excluding hydrogens is 414 g/mol. The van der Waals surface area contributed by atoms with Gasteiger partial charge in [-0.25, -0.2) is 0 Å². The van der Waals surface area contributed by atoms with Gasteiger partial charge in [0.15, 0.2) is 4.77 Å². The van der Waals surface area contributed by atoms with Crippen LogP contribution < -0.4 is 0 Å². The van der Waals surface area contributed by atoms with Gasteiger partial charge >= 0.3 is 0 Å². The molecule has 0 fully saturated rings. The minimum Gasteiger partial charge on any atom is -0.329 e. The summed E-state index contributed by atoms with van der Waals surface area (Å²) in [6, 6.07) is 11.5. The lowest BCUT2D eigenvalue weighted by molar-refractivity contribution is 1.06. The zero-order valence-corrected chi connectivity index (χ0v) is 13.9. The Hall–Kier alpha value is -0.560. The normalized spacial score (nSPS) is 11.1. The third-order valence-corrected chi connectivity index (χ3v) is 4.39. The number of fused-ring (bicyclic) bond motifs is 1. The summed E-state index contributed by atoms with van der Waals surface area (Å²) in [4.78, 5) is 3.12. The second-order valence-electron chi connectivity index (χ2n) is 4.00. The maximum absolute atomic E-state index is 6.31. The van der Waals surface area contributed by atoms with E-state index in [1.807, 2.05) is 41.0 Å². The quantitative estimate of drug-likeness (QED) is 0.401. The van der Waals surface area contributed by atoms with E-state index in [1.54, 1.807) is 0 Å². The summed E-state index contributed by atoms with van der Waals surface area (Å²) in [5, 5.41) is 1.30. The summed E-state index contributed by atoms with van der Waals surface area (Å²) >= 11 is 20.1. The molecule has 0 saturated heterocycles. The highest BCUT2D eigenvalue weighted by atomic mass is 127. The van der Waals surface area contributed by atoms with Crippen LogP contribution in [-0.2, 0) is 0 Å². The Morgan fingerprint density at radius 3 is 2.63 bits per heavy atom. The summed E-state index contributed by atoms with van der Waals surface area (Å²) < 4.78 is 3.55. The van der Waals surface area contributed by atoms with Crippen molar-refractivity contribution in [1.29, 1.82) is 0 Å². The second-order valence-corrected chi connectivity index (χ2v) is 6.44. The fraction of sp³-hybridized carbons (Fsp3) is 0. The lowest BCUT2D eigenvalue weighted by Gasteiger charge is -2.07. The van der Waals surface area contributed by atoms with Crippen molar-refractivity contribution in [2.45, 2.75) is 0 Å². The number of hydrogen-bond acceptors (Lipinski definition) is 1. The van der Waals surface area contributed by atoms with Crippen molar-refractivity contribution in [2.75, 3.05) is 0 Å².